The molecule has 0 unspecified atom stereocenters. The van der Waals surface area contributed by atoms with Gasteiger partial charge in [-0.15, -0.1) is 0 Å². The van der Waals surface area contributed by atoms with Crippen molar-refractivity contribution in [3.05, 3.63) is 259 Å². The van der Waals surface area contributed by atoms with Crippen molar-refractivity contribution in [1.82, 2.24) is 9.97 Å². The first-order valence-electron chi connectivity index (χ1n) is 23.9. The van der Waals surface area contributed by atoms with Crippen molar-refractivity contribution in [2.24, 2.45) is 0 Å². The van der Waals surface area contributed by atoms with E-state index in [0.29, 0.717) is 0 Å². The van der Waals surface area contributed by atoms with Crippen LogP contribution in [0.4, 0.5) is 0 Å². The van der Waals surface area contributed by atoms with E-state index in [1.807, 2.05) is 72.8 Å². The van der Waals surface area contributed by atoms with E-state index in [1.165, 1.54) is 43.4 Å². The fraction of sp³-hybridized carbons (Fsp3) is 0. The zero-order valence-electron chi connectivity index (χ0n) is 38.4. The van der Waals surface area contributed by atoms with Crippen molar-refractivity contribution in [2.75, 3.05) is 0 Å². The summed E-state index contributed by atoms with van der Waals surface area (Å²) in [5.41, 5.74) is 8.65. The molecule has 2 aromatic heterocycles. The Hall–Kier alpha value is -8.27. The monoisotopic (exact) mass is 988 g/mol. The number of fused-ring (bicyclic) bond motifs is 12. The van der Waals surface area contributed by atoms with Crippen molar-refractivity contribution in [3.63, 3.8) is 0 Å². The van der Waals surface area contributed by atoms with Gasteiger partial charge in [-0.1, -0.05) is 253 Å². The van der Waals surface area contributed by atoms with Gasteiger partial charge in [0.05, 0.1) is 22.1 Å². The summed E-state index contributed by atoms with van der Waals surface area (Å²) < 4.78 is 16.3. The maximum absolute atomic E-state index is 15.3. The SMILES string of the molecule is Brc1cccc(-c2c3ccc4ccccc4c3nc3c2ccc2ccccc23)c1.O=P(c1ccccc1)(c1ccccc1)c1cccc(-c2c3ccc4ccccc4c3nc3c2ccc2ccccc23)c1. The summed E-state index contributed by atoms with van der Waals surface area (Å²) in [5.74, 6) is 0. The molecule has 0 amide bonds. The minimum Gasteiger partial charge on any atom is -0.309 e. The standard InChI is InChI=1S/C39H26NOP.C27H16BrN/c41-42(30-15-3-1-4-16-30,31-17-5-2-6-18-31)32-19-11-14-29(26-32)37-35-24-22-27-12-7-9-20-33(27)38(35)40-39-34-21-10-8-13-28(34)23-25-36(37)39;28-20-9-5-8-19(16-20)25-23-14-12-17-6-1-3-10-21(17)26(23)29-27-22-11-4-2-7-18(22)13-15-24(25)27/h1-26H;1-16H. The van der Waals surface area contributed by atoms with Crippen LogP contribution in [0, 0.1) is 0 Å². The topological polar surface area (TPSA) is 42.9 Å². The van der Waals surface area contributed by atoms with Gasteiger partial charge in [0, 0.05) is 74.6 Å². The van der Waals surface area contributed by atoms with Gasteiger partial charge in [-0.2, -0.15) is 0 Å². The third-order valence-electron chi connectivity index (χ3n) is 14.0. The quantitative estimate of drug-likeness (QED) is 0.0980. The summed E-state index contributed by atoms with van der Waals surface area (Å²) in [6.45, 7) is 0. The Morgan fingerprint density at radius 2 is 0.606 bits per heavy atom. The van der Waals surface area contributed by atoms with Crippen LogP contribution in [0.5, 0.6) is 0 Å². The molecule has 14 aromatic rings. The molecule has 0 aliphatic rings. The Morgan fingerprint density at radius 3 is 0.986 bits per heavy atom. The zero-order chi connectivity index (χ0) is 47.5. The van der Waals surface area contributed by atoms with Crippen LogP contribution in [-0.4, -0.2) is 9.97 Å². The number of rotatable bonds is 5. The van der Waals surface area contributed by atoms with E-state index in [0.717, 1.165) is 85.9 Å². The lowest BCUT2D eigenvalue weighted by Crippen LogP contribution is -2.25. The Bertz CT molecular complexity index is 4230. The number of hydrogen-bond donors (Lipinski definition) is 0. The molecule has 2 heterocycles. The van der Waals surface area contributed by atoms with Crippen LogP contribution >= 0.6 is 23.1 Å². The highest BCUT2D eigenvalue weighted by Gasteiger charge is 2.30. The summed E-state index contributed by atoms with van der Waals surface area (Å²) in [6, 6.07) is 88.1. The van der Waals surface area contributed by atoms with Crippen LogP contribution in [0.15, 0.2) is 259 Å². The number of aromatic nitrogens is 2. The van der Waals surface area contributed by atoms with Crippen LogP contribution in [0.3, 0.4) is 0 Å². The minimum atomic E-state index is -3.14. The van der Waals surface area contributed by atoms with Gasteiger partial charge in [0.2, 0.25) is 0 Å². The van der Waals surface area contributed by atoms with Gasteiger partial charge < -0.3 is 4.57 Å². The lowest BCUT2D eigenvalue weighted by Gasteiger charge is -2.21. The molecule has 14 rings (SSSR count). The van der Waals surface area contributed by atoms with Gasteiger partial charge in [-0.25, -0.2) is 9.97 Å². The number of pyridine rings is 2. The van der Waals surface area contributed by atoms with Gasteiger partial charge in [0.25, 0.3) is 0 Å². The smallest absolute Gasteiger partial charge is 0.171 e. The summed E-state index contributed by atoms with van der Waals surface area (Å²) in [7, 11) is -3.14. The fourth-order valence-corrected chi connectivity index (χ4v) is 13.8. The molecule has 3 nitrogen and oxygen atoms in total. The van der Waals surface area contributed by atoms with E-state index in [1.54, 1.807) is 0 Å². The molecule has 0 aliphatic carbocycles. The number of benzene rings is 12. The Balaban J connectivity index is 0.000000148. The van der Waals surface area contributed by atoms with E-state index < -0.39 is 7.14 Å². The Kier molecular flexibility index (Phi) is 10.6. The van der Waals surface area contributed by atoms with E-state index in [9.17, 15) is 0 Å². The highest BCUT2D eigenvalue weighted by atomic mass is 79.9. The van der Waals surface area contributed by atoms with Crippen molar-refractivity contribution < 1.29 is 4.57 Å². The molecule has 71 heavy (non-hydrogen) atoms. The predicted octanol–water partition coefficient (Wildman–Crippen LogP) is 17.1. The van der Waals surface area contributed by atoms with E-state index >= 15 is 4.57 Å². The van der Waals surface area contributed by atoms with Crippen LogP contribution < -0.4 is 15.9 Å². The van der Waals surface area contributed by atoms with Crippen molar-refractivity contribution in [3.8, 4) is 22.3 Å². The first-order valence-corrected chi connectivity index (χ1v) is 26.4. The average Bonchev–Trinajstić information content (AvgIpc) is 3.44. The second kappa shape index (κ2) is 17.6. The first-order chi connectivity index (χ1) is 35.0. The lowest BCUT2D eigenvalue weighted by atomic mass is 9.92. The van der Waals surface area contributed by atoms with Gasteiger partial charge in [0.1, 0.15) is 0 Å². The maximum atomic E-state index is 15.3. The molecular formula is C66H42BrN2OP. The predicted molar refractivity (Wildman–Crippen MR) is 306 cm³/mol. The summed E-state index contributed by atoms with van der Waals surface area (Å²) in [4.78, 5) is 10.6. The second-order valence-electron chi connectivity index (χ2n) is 18.0. The molecule has 0 spiro atoms. The normalized spacial score (nSPS) is 11.8. The number of hydrogen-bond acceptors (Lipinski definition) is 3. The van der Waals surface area contributed by atoms with Crippen LogP contribution in [0.1, 0.15) is 0 Å². The van der Waals surface area contributed by atoms with Crippen LogP contribution in [0.25, 0.3) is 109 Å². The molecule has 12 aromatic carbocycles. The van der Waals surface area contributed by atoms with Gasteiger partial charge in [-0.3, -0.25) is 0 Å². The highest BCUT2D eigenvalue weighted by Crippen LogP contribution is 2.46. The molecule has 0 N–H and O–H groups in total. The molecule has 0 saturated carbocycles. The zero-order valence-corrected chi connectivity index (χ0v) is 40.9. The summed E-state index contributed by atoms with van der Waals surface area (Å²) in [5, 5.41) is 16.4. The molecular weight excluding hydrogens is 948 g/mol. The van der Waals surface area contributed by atoms with Gasteiger partial charge >= 0.3 is 0 Å². The third kappa shape index (κ3) is 7.30. The van der Waals surface area contributed by atoms with Crippen LogP contribution in [0.2, 0.25) is 0 Å². The maximum Gasteiger partial charge on any atom is 0.171 e. The third-order valence-corrected chi connectivity index (χ3v) is 17.5. The van der Waals surface area contributed by atoms with E-state index in [4.69, 9.17) is 9.97 Å². The molecule has 0 aliphatic heterocycles. The first kappa shape index (κ1) is 42.8. The van der Waals surface area contributed by atoms with Gasteiger partial charge in [-0.05, 0) is 50.9 Å². The summed E-state index contributed by atoms with van der Waals surface area (Å²) in [6.07, 6.45) is 0. The molecule has 0 fully saturated rings. The second-order valence-corrected chi connectivity index (χ2v) is 21.7. The number of nitrogens with zero attached hydrogens (tertiary/aromatic N) is 2. The molecule has 334 valence electrons. The average molecular weight is 990 g/mol. The lowest BCUT2D eigenvalue weighted by molar-refractivity contribution is 0.592. The van der Waals surface area contributed by atoms with E-state index in [-0.39, 0.29) is 0 Å². The largest absolute Gasteiger partial charge is 0.309 e. The fourth-order valence-electron chi connectivity index (χ4n) is 10.7. The number of halogens is 1. The van der Waals surface area contributed by atoms with E-state index in [2.05, 4.69) is 198 Å². The van der Waals surface area contributed by atoms with Crippen molar-refractivity contribution in [1.29, 1.82) is 0 Å². The molecule has 5 heteroatoms. The summed E-state index contributed by atoms with van der Waals surface area (Å²) >= 11 is 3.65. The van der Waals surface area contributed by atoms with Gasteiger partial charge in [0.15, 0.2) is 7.14 Å². The Labute approximate surface area is 419 Å². The van der Waals surface area contributed by atoms with Crippen molar-refractivity contribution in [2.45, 2.75) is 0 Å². The minimum absolute atomic E-state index is 0.817. The molecule has 0 radical (unpaired) electrons. The highest BCUT2D eigenvalue weighted by molar-refractivity contribution is 9.10. The van der Waals surface area contributed by atoms with Crippen LogP contribution in [-0.2, 0) is 4.57 Å². The molecule has 0 bridgehead atoms. The van der Waals surface area contributed by atoms with Crippen molar-refractivity contribution >= 4 is 126 Å². The Morgan fingerprint density at radius 1 is 0.282 bits per heavy atom. The molecule has 0 saturated heterocycles. The molecule has 0 atom stereocenters.